The molecule has 0 bridgehead atoms. The number of fused-ring (bicyclic) bond motifs is 1. The van der Waals surface area contributed by atoms with E-state index in [1.54, 1.807) is 18.8 Å². The van der Waals surface area contributed by atoms with E-state index >= 15 is 0 Å². The van der Waals surface area contributed by atoms with Crippen LogP contribution in [0.5, 0.6) is 0 Å². The van der Waals surface area contributed by atoms with E-state index in [2.05, 4.69) is 15.2 Å². The lowest BCUT2D eigenvalue weighted by Gasteiger charge is -1.96. The van der Waals surface area contributed by atoms with Gasteiger partial charge in [-0.15, -0.1) is 10.2 Å². The fourth-order valence-corrected chi connectivity index (χ4v) is 1.07. The summed E-state index contributed by atoms with van der Waals surface area (Å²) >= 11 is 0. The molecule has 0 aliphatic heterocycles. The second-order valence-electron chi connectivity index (χ2n) is 2.48. The molecule has 12 heavy (non-hydrogen) atoms. The summed E-state index contributed by atoms with van der Waals surface area (Å²) in [6, 6.07) is 0. The van der Waals surface area contributed by atoms with E-state index in [0.717, 1.165) is 0 Å². The molecule has 0 unspecified atom stereocenters. The molecule has 0 aliphatic rings. The lowest BCUT2D eigenvalue weighted by molar-refractivity contribution is 0.589. The summed E-state index contributed by atoms with van der Waals surface area (Å²) in [7, 11) is 3.39. The maximum atomic E-state index is 11.4. The van der Waals surface area contributed by atoms with Crippen molar-refractivity contribution in [2.24, 2.45) is 14.1 Å². The highest BCUT2D eigenvalue weighted by Gasteiger charge is 2.08. The average molecular weight is 165 g/mol. The van der Waals surface area contributed by atoms with Crippen LogP contribution in [0.2, 0.25) is 0 Å². The molecule has 6 heteroatoms. The third-order valence-corrected chi connectivity index (χ3v) is 1.86. The van der Waals surface area contributed by atoms with Crippen LogP contribution < -0.4 is 5.56 Å². The molecule has 0 radical (unpaired) electrons. The lowest BCUT2D eigenvalue weighted by atomic mass is 10.6. The van der Waals surface area contributed by atoms with Crippen LogP contribution in [0.3, 0.4) is 0 Å². The number of hydrogen-bond acceptors (Lipinski definition) is 4. The van der Waals surface area contributed by atoms with Gasteiger partial charge in [-0.25, -0.2) is 4.98 Å². The fraction of sp³-hybridized carbons (Fsp3) is 0.333. The Morgan fingerprint density at radius 2 is 2.08 bits per heavy atom. The Balaban J connectivity index is 3.09. The van der Waals surface area contributed by atoms with E-state index < -0.39 is 0 Å². The van der Waals surface area contributed by atoms with Gasteiger partial charge in [0.05, 0.1) is 0 Å². The summed E-state index contributed by atoms with van der Waals surface area (Å²) in [4.78, 5) is 15.2. The Kier molecular flexibility index (Phi) is 1.24. The van der Waals surface area contributed by atoms with Gasteiger partial charge in [0.15, 0.2) is 5.52 Å². The average Bonchev–Trinajstić information content (AvgIpc) is 2.33. The Labute approximate surface area is 67.4 Å². The zero-order valence-corrected chi connectivity index (χ0v) is 6.72. The molecule has 0 N–H and O–H groups in total. The van der Waals surface area contributed by atoms with Crippen molar-refractivity contribution in [3.8, 4) is 0 Å². The minimum Gasteiger partial charge on any atom is -0.265 e. The lowest BCUT2D eigenvalue weighted by Crippen LogP contribution is -2.16. The predicted molar refractivity (Wildman–Crippen MR) is 41.5 cm³/mol. The number of rotatable bonds is 0. The van der Waals surface area contributed by atoms with E-state index in [0.29, 0.717) is 11.2 Å². The third-order valence-electron chi connectivity index (χ3n) is 1.86. The summed E-state index contributed by atoms with van der Waals surface area (Å²) in [5.41, 5.74) is 0.711. The van der Waals surface area contributed by atoms with Crippen LogP contribution in [-0.2, 0) is 14.1 Å². The molecule has 2 heterocycles. The number of aromatic nitrogens is 5. The van der Waals surface area contributed by atoms with Crippen LogP contribution in [0.1, 0.15) is 0 Å². The zero-order chi connectivity index (χ0) is 8.72. The summed E-state index contributed by atoms with van der Waals surface area (Å²) in [5, 5.41) is 7.39. The smallest absolute Gasteiger partial charge is 0.265 e. The SMILES string of the molecule is Cn1c(=O)c2ncnnc2n1C. The first-order valence-electron chi connectivity index (χ1n) is 3.41. The Hall–Kier alpha value is -1.72. The second kappa shape index (κ2) is 2.13. The van der Waals surface area contributed by atoms with Crippen molar-refractivity contribution in [1.29, 1.82) is 0 Å². The highest BCUT2D eigenvalue weighted by atomic mass is 16.1. The standard InChI is InChI=1S/C6H7N5O/c1-10-5-4(6(12)11(10)2)7-3-8-9-5/h3H,1-2H3. The van der Waals surface area contributed by atoms with Crippen molar-refractivity contribution in [3.63, 3.8) is 0 Å². The molecular formula is C6H7N5O. The monoisotopic (exact) mass is 165 g/mol. The molecule has 0 spiro atoms. The molecule has 2 aromatic heterocycles. The van der Waals surface area contributed by atoms with E-state index in [-0.39, 0.29) is 5.56 Å². The van der Waals surface area contributed by atoms with Gasteiger partial charge in [0.1, 0.15) is 6.33 Å². The quantitative estimate of drug-likeness (QED) is 0.505. The summed E-state index contributed by atoms with van der Waals surface area (Å²) in [6.07, 6.45) is 1.27. The molecule has 2 aromatic rings. The molecule has 0 saturated heterocycles. The van der Waals surface area contributed by atoms with Crippen molar-refractivity contribution in [3.05, 3.63) is 16.7 Å². The minimum absolute atomic E-state index is 0.151. The highest BCUT2D eigenvalue weighted by molar-refractivity contribution is 5.67. The molecule has 62 valence electrons. The van der Waals surface area contributed by atoms with Gasteiger partial charge in [-0.05, 0) is 0 Å². The zero-order valence-electron chi connectivity index (χ0n) is 6.72. The molecule has 0 fully saturated rings. The van der Waals surface area contributed by atoms with E-state index in [1.165, 1.54) is 11.0 Å². The van der Waals surface area contributed by atoms with Crippen molar-refractivity contribution >= 4 is 11.2 Å². The Morgan fingerprint density at radius 1 is 1.33 bits per heavy atom. The van der Waals surface area contributed by atoms with Crippen LogP contribution in [0, 0.1) is 0 Å². The van der Waals surface area contributed by atoms with Crippen LogP contribution in [0.25, 0.3) is 11.2 Å². The number of nitrogens with zero attached hydrogens (tertiary/aromatic N) is 5. The van der Waals surface area contributed by atoms with Crippen LogP contribution >= 0.6 is 0 Å². The van der Waals surface area contributed by atoms with E-state index in [4.69, 9.17) is 0 Å². The maximum Gasteiger partial charge on any atom is 0.294 e. The number of aryl methyl sites for hydroxylation is 1. The third kappa shape index (κ3) is 0.687. The highest BCUT2D eigenvalue weighted by Crippen LogP contribution is 1.98. The van der Waals surface area contributed by atoms with Crippen molar-refractivity contribution in [2.45, 2.75) is 0 Å². The first-order valence-corrected chi connectivity index (χ1v) is 3.41. The number of hydrogen-bond donors (Lipinski definition) is 0. The normalized spacial score (nSPS) is 10.8. The summed E-state index contributed by atoms with van der Waals surface area (Å²) < 4.78 is 3.05. The van der Waals surface area contributed by atoms with Gasteiger partial charge in [-0.3, -0.25) is 14.2 Å². The van der Waals surface area contributed by atoms with Crippen LogP contribution in [-0.4, -0.2) is 24.5 Å². The van der Waals surface area contributed by atoms with Crippen molar-refractivity contribution < 1.29 is 0 Å². The first-order chi connectivity index (χ1) is 5.72. The summed E-state index contributed by atoms with van der Waals surface area (Å²) in [5.74, 6) is 0. The van der Waals surface area contributed by atoms with Gasteiger partial charge in [0.25, 0.3) is 5.56 Å². The molecule has 0 aromatic carbocycles. The molecule has 6 nitrogen and oxygen atoms in total. The fourth-order valence-electron chi connectivity index (χ4n) is 1.07. The topological polar surface area (TPSA) is 65.6 Å². The first kappa shape index (κ1) is 6.96. The van der Waals surface area contributed by atoms with Gasteiger partial charge >= 0.3 is 0 Å². The predicted octanol–water partition coefficient (Wildman–Crippen LogP) is -0.938. The van der Waals surface area contributed by atoms with Gasteiger partial charge in [0.2, 0.25) is 5.65 Å². The molecule has 0 amide bonds. The van der Waals surface area contributed by atoms with Crippen LogP contribution in [0.15, 0.2) is 11.1 Å². The van der Waals surface area contributed by atoms with Crippen molar-refractivity contribution in [2.75, 3.05) is 0 Å². The Bertz CT molecular complexity index is 482. The molecule has 0 saturated carbocycles. The van der Waals surface area contributed by atoms with Crippen molar-refractivity contribution in [1.82, 2.24) is 24.5 Å². The van der Waals surface area contributed by atoms with E-state index in [1.807, 2.05) is 0 Å². The maximum absolute atomic E-state index is 11.4. The van der Waals surface area contributed by atoms with E-state index in [9.17, 15) is 4.79 Å². The molecular weight excluding hydrogens is 158 g/mol. The van der Waals surface area contributed by atoms with Gasteiger partial charge in [-0.2, -0.15) is 0 Å². The molecule has 0 atom stereocenters. The Morgan fingerprint density at radius 3 is 2.75 bits per heavy atom. The second-order valence-corrected chi connectivity index (χ2v) is 2.48. The molecule has 2 rings (SSSR count). The summed E-state index contributed by atoms with van der Waals surface area (Å²) in [6.45, 7) is 0. The minimum atomic E-state index is -0.151. The van der Waals surface area contributed by atoms with Gasteiger partial charge in [0, 0.05) is 14.1 Å². The van der Waals surface area contributed by atoms with Crippen LogP contribution in [0.4, 0.5) is 0 Å². The van der Waals surface area contributed by atoms with Gasteiger partial charge < -0.3 is 0 Å². The largest absolute Gasteiger partial charge is 0.294 e. The van der Waals surface area contributed by atoms with Gasteiger partial charge in [-0.1, -0.05) is 0 Å². The molecule has 0 aliphatic carbocycles.